The van der Waals surface area contributed by atoms with Crippen molar-refractivity contribution >= 4 is 16.7 Å². The first kappa shape index (κ1) is 15.0. The lowest BCUT2D eigenvalue weighted by atomic mass is 10.1. The summed E-state index contributed by atoms with van der Waals surface area (Å²) in [6, 6.07) is 10.9. The molecule has 1 amide bonds. The number of rotatable bonds is 3. The van der Waals surface area contributed by atoms with Gasteiger partial charge in [0.05, 0.1) is 0 Å². The highest BCUT2D eigenvalue weighted by atomic mass is 16.2. The molecule has 0 fully saturated rings. The number of carbonyl (C=O) groups is 1. The van der Waals surface area contributed by atoms with Gasteiger partial charge < -0.3 is 9.88 Å². The second kappa shape index (κ2) is 6.04. The van der Waals surface area contributed by atoms with Crippen LogP contribution in [-0.2, 0) is 6.54 Å². The normalized spacial score (nSPS) is 10.7. The molecule has 0 bridgehead atoms. The molecule has 0 aliphatic rings. The van der Waals surface area contributed by atoms with Gasteiger partial charge in [0.2, 0.25) is 5.56 Å². The van der Waals surface area contributed by atoms with Gasteiger partial charge in [-0.05, 0) is 30.0 Å². The molecule has 0 aliphatic heterocycles. The van der Waals surface area contributed by atoms with E-state index in [0.717, 1.165) is 16.3 Å². The highest BCUT2D eigenvalue weighted by molar-refractivity contribution is 5.94. The monoisotopic (exact) mass is 307 g/mol. The zero-order chi connectivity index (χ0) is 16.4. The molecule has 2 heterocycles. The molecule has 3 rings (SSSR count). The Morgan fingerprint density at radius 1 is 1.26 bits per heavy atom. The van der Waals surface area contributed by atoms with Crippen LogP contribution < -0.4 is 5.56 Å². The zero-order valence-corrected chi connectivity index (χ0v) is 13.0. The Hall–Kier alpha value is -2.95. The summed E-state index contributed by atoms with van der Waals surface area (Å²) in [5, 5.41) is 2.11. The van der Waals surface area contributed by atoms with Gasteiger partial charge >= 0.3 is 0 Å². The maximum atomic E-state index is 12.6. The third-order valence-electron chi connectivity index (χ3n) is 3.75. The van der Waals surface area contributed by atoms with Crippen molar-refractivity contribution in [2.24, 2.45) is 0 Å². The number of benzene rings is 1. The Morgan fingerprint density at radius 3 is 2.87 bits per heavy atom. The van der Waals surface area contributed by atoms with E-state index in [1.54, 1.807) is 37.3 Å². The summed E-state index contributed by atoms with van der Waals surface area (Å²) in [4.78, 5) is 32.5. The van der Waals surface area contributed by atoms with E-state index < -0.39 is 0 Å². The Morgan fingerprint density at radius 2 is 2.09 bits per heavy atom. The Kier molecular flexibility index (Phi) is 3.93. The van der Waals surface area contributed by atoms with Crippen LogP contribution in [0.1, 0.15) is 21.6 Å². The van der Waals surface area contributed by atoms with E-state index in [-0.39, 0.29) is 11.5 Å². The maximum Gasteiger partial charge on any atom is 0.254 e. The highest BCUT2D eigenvalue weighted by Crippen LogP contribution is 2.19. The second-order valence-electron chi connectivity index (χ2n) is 5.59. The zero-order valence-electron chi connectivity index (χ0n) is 13.0. The van der Waals surface area contributed by atoms with Crippen LogP contribution in [-0.4, -0.2) is 27.8 Å². The summed E-state index contributed by atoms with van der Waals surface area (Å²) in [5.74, 6) is -0.176. The molecule has 23 heavy (non-hydrogen) atoms. The van der Waals surface area contributed by atoms with Gasteiger partial charge in [0, 0.05) is 48.7 Å². The van der Waals surface area contributed by atoms with Gasteiger partial charge in [-0.2, -0.15) is 0 Å². The molecule has 5 nitrogen and oxygen atoms in total. The van der Waals surface area contributed by atoms with Crippen LogP contribution in [0.25, 0.3) is 10.8 Å². The molecule has 5 heteroatoms. The first-order valence-electron chi connectivity index (χ1n) is 7.32. The fraction of sp³-hybridized carbons (Fsp3) is 0.167. The molecule has 0 saturated heterocycles. The van der Waals surface area contributed by atoms with E-state index in [0.29, 0.717) is 17.8 Å². The van der Waals surface area contributed by atoms with E-state index in [9.17, 15) is 9.59 Å². The van der Waals surface area contributed by atoms with Gasteiger partial charge in [0.25, 0.3) is 5.91 Å². The molecule has 1 N–H and O–H groups in total. The first-order chi connectivity index (χ1) is 11.0. The Bertz CT molecular complexity index is 925. The number of hydrogen-bond acceptors (Lipinski definition) is 3. The molecular weight excluding hydrogens is 290 g/mol. The predicted molar refractivity (Wildman–Crippen MR) is 89.3 cm³/mol. The van der Waals surface area contributed by atoms with Crippen molar-refractivity contribution in [1.82, 2.24) is 14.9 Å². The topological polar surface area (TPSA) is 66.1 Å². The number of amides is 1. The van der Waals surface area contributed by atoms with E-state index in [4.69, 9.17) is 0 Å². The summed E-state index contributed by atoms with van der Waals surface area (Å²) in [5.41, 5.74) is 1.85. The Balaban J connectivity index is 1.89. The third-order valence-corrected chi connectivity index (χ3v) is 3.75. The lowest BCUT2D eigenvalue weighted by Gasteiger charge is -2.18. The van der Waals surface area contributed by atoms with E-state index in [2.05, 4.69) is 9.97 Å². The lowest BCUT2D eigenvalue weighted by molar-refractivity contribution is 0.0785. The van der Waals surface area contributed by atoms with Crippen LogP contribution in [0.2, 0.25) is 0 Å². The van der Waals surface area contributed by atoms with E-state index in [1.165, 1.54) is 6.07 Å². The van der Waals surface area contributed by atoms with Crippen LogP contribution in [0, 0.1) is 6.92 Å². The number of aromatic nitrogens is 2. The lowest BCUT2D eigenvalue weighted by Crippen LogP contribution is -2.27. The summed E-state index contributed by atoms with van der Waals surface area (Å²) in [6.07, 6.45) is 3.55. The van der Waals surface area contributed by atoms with Gasteiger partial charge in [0.1, 0.15) is 0 Å². The first-order valence-corrected chi connectivity index (χ1v) is 7.32. The standard InChI is InChI=1S/C18H17N3O2/c1-12-8-15(9-17(22)20-12)18(23)21(2)11-14-5-3-4-13-10-19-7-6-16(13)14/h3-10H,11H2,1-2H3,(H,20,22). The number of H-pyrrole nitrogens is 1. The van der Waals surface area contributed by atoms with E-state index in [1.807, 2.05) is 24.3 Å². The maximum absolute atomic E-state index is 12.6. The minimum absolute atomic E-state index is 0.176. The van der Waals surface area contributed by atoms with Crippen LogP contribution in [0.4, 0.5) is 0 Å². The minimum Gasteiger partial charge on any atom is -0.337 e. The Labute approximate surface area is 133 Å². The van der Waals surface area contributed by atoms with Gasteiger partial charge in [0.15, 0.2) is 0 Å². The average Bonchev–Trinajstić information content (AvgIpc) is 2.53. The number of aryl methyl sites for hydroxylation is 1. The van der Waals surface area contributed by atoms with Crippen molar-refractivity contribution < 1.29 is 4.79 Å². The molecule has 0 atom stereocenters. The average molecular weight is 307 g/mol. The van der Waals surface area contributed by atoms with Crippen LogP contribution >= 0.6 is 0 Å². The molecule has 0 spiro atoms. The fourth-order valence-corrected chi connectivity index (χ4v) is 2.68. The van der Waals surface area contributed by atoms with E-state index >= 15 is 0 Å². The molecular formula is C18H17N3O2. The van der Waals surface area contributed by atoms with Crippen molar-refractivity contribution in [1.29, 1.82) is 0 Å². The van der Waals surface area contributed by atoms with Crippen molar-refractivity contribution in [2.45, 2.75) is 13.5 Å². The molecule has 2 aromatic heterocycles. The minimum atomic E-state index is -0.266. The number of carbonyl (C=O) groups excluding carboxylic acids is 1. The van der Waals surface area contributed by atoms with Crippen LogP contribution in [0.3, 0.4) is 0 Å². The van der Waals surface area contributed by atoms with Gasteiger partial charge in [-0.1, -0.05) is 18.2 Å². The van der Waals surface area contributed by atoms with Crippen LogP contribution in [0.15, 0.2) is 53.6 Å². The number of hydrogen-bond donors (Lipinski definition) is 1. The molecule has 0 saturated carbocycles. The predicted octanol–water partition coefficient (Wildman–Crippen LogP) is 2.50. The second-order valence-corrected chi connectivity index (χ2v) is 5.59. The number of nitrogens with one attached hydrogen (secondary N) is 1. The highest BCUT2D eigenvalue weighted by Gasteiger charge is 2.14. The summed E-state index contributed by atoms with van der Waals surface area (Å²) < 4.78 is 0. The van der Waals surface area contributed by atoms with Crippen molar-refractivity contribution in [3.63, 3.8) is 0 Å². The smallest absolute Gasteiger partial charge is 0.254 e. The fourth-order valence-electron chi connectivity index (χ4n) is 2.68. The molecule has 116 valence electrons. The van der Waals surface area contributed by atoms with Gasteiger partial charge in [-0.15, -0.1) is 0 Å². The third kappa shape index (κ3) is 3.13. The van der Waals surface area contributed by atoms with Crippen molar-refractivity contribution in [2.75, 3.05) is 7.05 Å². The van der Waals surface area contributed by atoms with Crippen molar-refractivity contribution in [3.8, 4) is 0 Å². The number of pyridine rings is 2. The molecule has 1 aromatic carbocycles. The number of nitrogens with zero attached hydrogens (tertiary/aromatic N) is 2. The largest absolute Gasteiger partial charge is 0.337 e. The molecule has 0 radical (unpaired) electrons. The summed E-state index contributed by atoms with van der Waals surface area (Å²) >= 11 is 0. The van der Waals surface area contributed by atoms with Crippen molar-refractivity contribution in [3.05, 3.63) is 76.0 Å². The number of aromatic amines is 1. The quantitative estimate of drug-likeness (QED) is 0.808. The van der Waals surface area contributed by atoms with Gasteiger partial charge in [-0.3, -0.25) is 14.6 Å². The number of fused-ring (bicyclic) bond motifs is 1. The van der Waals surface area contributed by atoms with Crippen LogP contribution in [0.5, 0.6) is 0 Å². The summed E-state index contributed by atoms with van der Waals surface area (Å²) in [7, 11) is 1.74. The molecule has 0 aliphatic carbocycles. The SMILES string of the molecule is Cc1cc(C(=O)N(C)Cc2cccc3cnccc23)cc(=O)[nH]1. The van der Waals surface area contributed by atoms with Gasteiger partial charge in [-0.25, -0.2) is 0 Å². The molecule has 0 unspecified atom stereocenters. The summed E-state index contributed by atoms with van der Waals surface area (Å²) in [6.45, 7) is 2.22. The molecule has 3 aromatic rings.